The fraction of sp³-hybridized carbons (Fsp3) is 0.600. The van der Waals surface area contributed by atoms with Crippen LogP contribution in [0, 0.1) is 0 Å². The molecule has 2 N–H and O–H groups in total. The SMILES string of the molecule is CCC(CCO)NC(C)c1ccccc1N(C)C. The van der Waals surface area contributed by atoms with E-state index >= 15 is 0 Å². The average Bonchev–Trinajstić information content (AvgIpc) is 2.38. The van der Waals surface area contributed by atoms with Crippen LogP contribution in [0.25, 0.3) is 0 Å². The van der Waals surface area contributed by atoms with Crippen molar-refractivity contribution in [3.63, 3.8) is 0 Å². The highest BCUT2D eigenvalue weighted by atomic mass is 16.3. The van der Waals surface area contributed by atoms with Gasteiger partial charge in [-0.15, -0.1) is 0 Å². The molecular formula is C15H26N2O. The van der Waals surface area contributed by atoms with Gasteiger partial charge in [0.25, 0.3) is 0 Å². The van der Waals surface area contributed by atoms with Crippen LogP contribution in [0.1, 0.15) is 38.3 Å². The van der Waals surface area contributed by atoms with E-state index < -0.39 is 0 Å². The first-order valence-electron chi connectivity index (χ1n) is 6.73. The van der Waals surface area contributed by atoms with E-state index in [4.69, 9.17) is 5.11 Å². The van der Waals surface area contributed by atoms with Crippen molar-refractivity contribution >= 4 is 5.69 Å². The summed E-state index contributed by atoms with van der Waals surface area (Å²) in [7, 11) is 4.13. The Morgan fingerprint density at radius 1 is 1.28 bits per heavy atom. The van der Waals surface area contributed by atoms with E-state index in [0.29, 0.717) is 12.1 Å². The molecule has 2 atom stereocenters. The standard InChI is InChI=1S/C15H26N2O/c1-5-13(10-11-18)16-12(2)14-8-6-7-9-15(14)17(3)4/h6-9,12-13,16,18H,5,10-11H2,1-4H3. The van der Waals surface area contributed by atoms with Crippen molar-refractivity contribution in [1.29, 1.82) is 0 Å². The van der Waals surface area contributed by atoms with Crippen molar-refractivity contribution < 1.29 is 5.11 Å². The Balaban J connectivity index is 2.79. The van der Waals surface area contributed by atoms with E-state index in [2.05, 4.69) is 62.4 Å². The summed E-state index contributed by atoms with van der Waals surface area (Å²) in [4.78, 5) is 2.14. The Kier molecular flexibility index (Phi) is 6.16. The fourth-order valence-corrected chi connectivity index (χ4v) is 2.27. The van der Waals surface area contributed by atoms with E-state index in [1.165, 1.54) is 11.3 Å². The predicted octanol–water partition coefficient (Wildman–Crippen LogP) is 2.56. The highest BCUT2D eigenvalue weighted by molar-refractivity contribution is 5.53. The molecule has 0 fully saturated rings. The lowest BCUT2D eigenvalue weighted by Gasteiger charge is -2.26. The molecule has 0 saturated carbocycles. The van der Waals surface area contributed by atoms with Gasteiger partial charge in [0.1, 0.15) is 0 Å². The summed E-state index contributed by atoms with van der Waals surface area (Å²) >= 11 is 0. The third kappa shape index (κ3) is 4.00. The Hall–Kier alpha value is -1.06. The quantitative estimate of drug-likeness (QED) is 0.780. The lowest BCUT2D eigenvalue weighted by Crippen LogP contribution is -2.32. The van der Waals surface area contributed by atoms with Gasteiger partial charge in [0, 0.05) is 38.5 Å². The third-order valence-electron chi connectivity index (χ3n) is 3.34. The van der Waals surface area contributed by atoms with Crippen molar-refractivity contribution in [1.82, 2.24) is 5.32 Å². The van der Waals surface area contributed by atoms with E-state index in [9.17, 15) is 0 Å². The number of aliphatic hydroxyl groups excluding tert-OH is 1. The van der Waals surface area contributed by atoms with Crippen LogP contribution in [-0.4, -0.2) is 31.9 Å². The molecule has 0 aromatic heterocycles. The third-order valence-corrected chi connectivity index (χ3v) is 3.34. The van der Waals surface area contributed by atoms with Crippen LogP contribution in [0.2, 0.25) is 0 Å². The highest BCUT2D eigenvalue weighted by Gasteiger charge is 2.14. The van der Waals surface area contributed by atoms with Gasteiger partial charge in [-0.05, 0) is 31.4 Å². The second-order valence-electron chi connectivity index (χ2n) is 4.96. The molecule has 0 spiro atoms. The lowest BCUT2D eigenvalue weighted by molar-refractivity contribution is 0.257. The molecule has 0 bridgehead atoms. The van der Waals surface area contributed by atoms with Crippen molar-refractivity contribution in [2.24, 2.45) is 0 Å². The van der Waals surface area contributed by atoms with Crippen LogP contribution in [0.3, 0.4) is 0 Å². The molecule has 3 nitrogen and oxygen atoms in total. The molecule has 2 unspecified atom stereocenters. The first-order chi connectivity index (χ1) is 8.60. The minimum absolute atomic E-state index is 0.244. The van der Waals surface area contributed by atoms with Gasteiger partial charge >= 0.3 is 0 Å². The van der Waals surface area contributed by atoms with Crippen molar-refractivity contribution in [2.45, 2.75) is 38.8 Å². The molecule has 0 radical (unpaired) electrons. The maximum atomic E-state index is 9.05. The van der Waals surface area contributed by atoms with Gasteiger partial charge in [-0.3, -0.25) is 0 Å². The molecule has 0 aliphatic carbocycles. The molecule has 0 heterocycles. The van der Waals surface area contributed by atoms with E-state index in [1.54, 1.807) is 0 Å². The number of benzene rings is 1. The smallest absolute Gasteiger partial charge is 0.0445 e. The second-order valence-corrected chi connectivity index (χ2v) is 4.96. The average molecular weight is 250 g/mol. The Labute approximate surface area is 111 Å². The van der Waals surface area contributed by atoms with Crippen molar-refractivity contribution in [2.75, 3.05) is 25.6 Å². The first kappa shape index (κ1) is 15.0. The summed E-state index contributed by atoms with van der Waals surface area (Å²) in [5.41, 5.74) is 2.55. The summed E-state index contributed by atoms with van der Waals surface area (Å²) in [6, 6.07) is 9.11. The normalized spacial score (nSPS) is 14.3. The number of hydrogen-bond acceptors (Lipinski definition) is 3. The van der Waals surface area contributed by atoms with Crippen LogP contribution in [-0.2, 0) is 0 Å². The van der Waals surface area contributed by atoms with Gasteiger partial charge in [-0.2, -0.15) is 0 Å². The van der Waals surface area contributed by atoms with Crippen LogP contribution in [0.15, 0.2) is 24.3 Å². The van der Waals surface area contributed by atoms with Crippen LogP contribution >= 0.6 is 0 Å². The van der Waals surface area contributed by atoms with Crippen LogP contribution in [0.5, 0.6) is 0 Å². The number of para-hydroxylation sites is 1. The number of nitrogens with zero attached hydrogens (tertiary/aromatic N) is 1. The van der Waals surface area contributed by atoms with E-state index in [1.807, 2.05) is 0 Å². The molecule has 102 valence electrons. The molecule has 18 heavy (non-hydrogen) atoms. The Bertz CT molecular complexity index is 352. The zero-order chi connectivity index (χ0) is 13.5. The van der Waals surface area contributed by atoms with Crippen LogP contribution in [0.4, 0.5) is 5.69 Å². The largest absolute Gasteiger partial charge is 0.396 e. The van der Waals surface area contributed by atoms with Gasteiger partial charge in [0.15, 0.2) is 0 Å². The molecule has 0 saturated heterocycles. The minimum Gasteiger partial charge on any atom is -0.396 e. The molecule has 0 amide bonds. The summed E-state index contributed by atoms with van der Waals surface area (Å²) in [5, 5.41) is 12.6. The summed E-state index contributed by atoms with van der Waals surface area (Å²) in [6.07, 6.45) is 1.85. The van der Waals surface area contributed by atoms with Gasteiger partial charge in [-0.25, -0.2) is 0 Å². The maximum Gasteiger partial charge on any atom is 0.0445 e. The first-order valence-corrected chi connectivity index (χ1v) is 6.73. The van der Waals surface area contributed by atoms with Crippen molar-refractivity contribution in [3.8, 4) is 0 Å². The van der Waals surface area contributed by atoms with Gasteiger partial charge in [0.05, 0.1) is 0 Å². The summed E-state index contributed by atoms with van der Waals surface area (Å²) < 4.78 is 0. The topological polar surface area (TPSA) is 35.5 Å². The van der Waals surface area contributed by atoms with Gasteiger partial charge < -0.3 is 15.3 Å². The zero-order valence-electron chi connectivity index (χ0n) is 12.0. The Morgan fingerprint density at radius 2 is 1.94 bits per heavy atom. The van der Waals surface area contributed by atoms with Crippen LogP contribution < -0.4 is 10.2 Å². The molecule has 0 aliphatic heterocycles. The van der Waals surface area contributed by atoms with Crippen molar-refractivity contribution in [3.05, 3.63) is 29.8 Å². The minimum atomic E-state index is 0.244. The molecule has 0 aliphatic rings. The summed E-state index contributed by atoms with van der Waals surface area (Å²) in [5.74, 6) is 0. The molecule has 3 heteroatoms. The predicted molar refractivity (Wildman–Crippen MR) is 78.1 cm³/mol. The Morgan fingerprint density at radius 3 is 2.50 bits per heavy atom. The lowest BCUT2D eigenvalue weighted by atomic mass is 10.0. The number of rotatable bonds is 7. The number of hydrogen-bond donors (Lipinski definition) is 2. The van der Waals surface area contributed by atoms with E-state index in [-0.39, 0.29) is 6.61 Å². The number of aliphatic hydroxyl groups is 1. The zero-order valence-corrected chi connectivity index (χ0v) is 12.0. The van der Waals surface area contributed by atoms with Gasteiger partial charge in [-0.1, -0.05) is 25.1 Å². The fourth-order valence-electron chi connectivity index (χ4n) is 2.27. The summed E-state index contributed by atoms with van der Waals surface area (Å²) in [6.45, 7) is 4.58. The molecule has 1 rings (SSSR count). The number of anilines is 1. The highest BCUT2D eigenvalue weighted by Crippen LogP contribution is 2.25. The maximum absolute atomic E-state index is 9.05. The molecule has 1 aromatic rings. The molecular weight excluding hydrogens is 224 g/mol. The molecule has 1 aromatic carbocycles. The van der Waals surface area contributed by atoms with Gasteiger partial charge in [0.2, 0.25) is 0 Å². The second kappa shape index (κ2) is 7.39. The van der Waals surface area contributed by atoms with E-state index in [0.717, 1.165) is 12.8 Å². The monoisotopic (exact) mass is 250 g/mol. The number of nitrogens with one attached hydrogen (secondary N) is 1.